The molecule has 0 radical (unpaired) electrons. The highest BCUT2D eigenvalue weighted by Gasteiger charge is 2.23. The minimum absolute atomic E-state index is 0.0275. The van der Waals surface area contributed by atoms with E-state index in [9.17, 15) is 17.6 Å². The zero-order valence-electron chi connectivity index (χ0n) is 15.6. The highest BCUT2D eigenvalue weighted by atomic mass is 32.2. The van der Waals surface area contributed by atoms with Gasteiger partial charge in [-0.25, -0.2) is 17.1 Å². The SMILES string of the molecule is CN(CCCC(=O)N[C@@H]1CCOc2ccccc21)S(=O)(=O)c1ccc(F)cc1. The van der Waals surface area contributed by atoms with E-state index in [2.05, 4.69) is 5.32 Å². The number of nitrogens with one attached hydrogen (secondary N) is 1. The molecule has 0 saturated carbocycles. The molecule has 1 amide bonds. The maximum atomic E-state index is 13.0. The molecule has 0 unspecified atom stereocenters. The number of amides is 1. The van der Waals surface area contributed by atoms with Crippen LogP contribution in [0.1, 0.15) is 30.9 Å². The Morgan fingerprint density at radius 1 is 1.21 bits per heavy atom. The van der Waals surface area contributed by atoms with Crippen molar-refractivity contribution in [3.63, 3.8) is 0 Å². The lowest BCUT2D eigenvalue weighted by molar-refractivity contribution is -0.122. The molecule has 150 valence electrons. The van der Waals surface area contributed by atoms with Crippen molar-refractivity contribution in [1.82, 2.24) is 9.62 Å². The van der Waals surface area contributed by atoms with Crippen LogP contribution in [0.4, 0.5) is 4.39 Å². The van der Waals surface area contributed by atoms with Crippen molar-refractivity contribution in [2.75, 3.05) is 20.2 Å². The van der Waals surface area contributed by atoms with Crippen LogP contribution >= 0.6 is 0 Å². The van der Waals surface area contributed by atoms with Crippen LogP contribution in [0.2, 0.25) is 0 Å². The van der Waals surface area contributed by atoms with Gasteiger partial charge < -0.3 is 10.1 Å². The lowest BCUT2D eigenvalue weighted by Crippen LogP contribution is -2.33. The molecule has 0 aliphatic carbocycles. The molecular formula is C20H23FN2O4S. The minimum Gasteiger partial charge on any atom is -0.493 e. The second-order valence-corrected chi connectivity index (χ2v) is 8.72. The van der Waals surface area contributed by atoms with Gasteiger partial charge in [0.15, 0.2) is 0 Å². The van der Waals surface area contributed by atoms with Crippen LogP contribution in [0.25, 0.3) is 0 Å². The molecule has 3 rings (SSSR count). The first-order chi connectivity index (χ1) is 13.4. The zero-order valence-corrected chi connectivity index (χ0v) is 16.4. The number of carbonyl (C=O) groups excluding carboxylic acids is 1. The second-order valence-electron chi connectivity index (χ2n) is 6.68. The van der Waals surface area contributed by atoms with Crippen LogP contribution in [0.15, 0.2) is 53.4 Å². The predicted molar refractivity (Wildman–Crippen MR) is 103 cm³/mol. The summed E-state index contributed by atoms with van der Waals surface area (Å²) in [6.07, 6.45) is 1.29. The monoisotopic (exact) mass is 406 g/mol. The summed E-state index contributed by atoms with van der Waals surface area (Å²) in [5.74, 6) is 0.159. The van der Waals surface area contributed by atoms with Gasteiger partial charge in [0.1, 0.15) is 11.6 Å². The number of ether oxygens (including phenoxy) is 1. The minimum atomic E-state index is -3.70. The third-order valence-electron chi connectivity index (χ3n) is 4.69. The highest BCUT2D eigenvalue weighted by Crippen LogP contribution is 2.31. The van der Waals surface area contributed by atoms with E-state index >= 15 is 0 Å². The fourth-order valence-electron chi connectivity index (χ4n) is 3.13. The molecule has 0 bridgehead atoms. The van der Waals surface area contributed by atoms with Gasteiger partial charge in [0.25, 0.3) is 0 Å². The zero-order chi connectivity index (χ0) is 20.1. The van der Waals surface area contributed by atoms with Gasteiger partial charge in [0, 0.05) is 32.0 Å². The molecule has 8 heteroatoms. The van der Waals surface area contributed by atoms with Gasteiger partial charge in [-0.1, -0.05) is 18.2 Å². The molecule has 0 spiro atoms. The summed E-state index contributed by atoms with van der Waals surface area (Å²) >= 11 is 0. The van der Waals surface area contributed by atoms with Crippen molar-refractivity contribution >= 4 is 15.9 Å². The fraction of sp³-hybridized carbons (Fsp3) is 0.350. The summed E-state index contributed by atoms with van der Waals surface area (Å²) < 4.78 is 44.7. The number of hydrogen-bond donors (Lipinski definition) is 1. The molecule has 6 nitrogen and oxygen atoms in total. The first-order valence-electron chi connectivity index (χ1n) is 9.11. The van der Waals surface area contributed by atoms with Crippen LogP contribution in [-0.2, 0) is 14.8 Å². The molecule has 2 aromatic rings. The van der Waals surface area contributed by atoms with Gasteiger partial charge in [-0.3, -0.25) is 4.79 Å². The Bertz CT molecular complexity index is 931. The Hall–Kier alpha value is -2.45. The van der Waals surface area contributed by atoms with E-state index < -0.39 is 15.8 Å². The normalized spacial score (nSPS) is 16.3. The van der Waals surface area contributed by atoms with E-state index in [1.165, 1.54) is 23.5 Å². The maximum absolute atomic E-state index is 13.0. The van der Waals surface area contributed by atoms with E-state index in [0.717, 1.165) is 23.4 Å². The van der Waals surface area contributed by atoms with Gasteiger partial charge in [-0.2, -0.15) is 0 Å². The maximum Gasteiger partial charge on any atom is 0.242 e. The summed E-state index contributed by atoms with van der Waals surface area (Å²) in [4.78, 5) is 12.3. The molecule has 1 N–H and O–H groups in total. The number of hydrogen-bond acceptors (Lipinski definition) is 4. The first kappa shape index (κ1) is 20.3. The first-order valence-corrected chi connectivity index (χ1v) is 10.5. The molecule has 0 aromatic heterocycles. The Kier molecular flexibility index (Phi) is 6.31. The second kappa shape index (κ2) is 8.70. The average Bonchev–Trinajstić information content (AvgIpc) is 2.68. The van der Waals surface area contributed by atoms with E-state index in [1.807, 2.05) is 24.3 Å². The van der Waals surface area contributed by atoms with Gasteiger partial charge in [-0.15, -0.1) is 0 Å². The summed E-state index contributed by atoms with van der Waals surface area (Å²) in [7, 11) is -2.25. The number of nitrogens with zero attached hydrogens (tertiary/aromatic N) is 1. The van der Waals surface area contributed by atoms with Gasteiger partial charge >= 0.3 is 0 Å². The van der Waals surface area contributed by atoms with Crippen molar-refractivity contribution in [3.05, 3.63) is 59.9 Å². The lowest BCUT2D eigenvalue weighted by Gasteiger charge is -2.26. The smallest absolute Gasteiger partial charge is 0.242 e. The molecule has 1 atom stereocenters. The topological polar surface area (TPSA) is 75.7 Å². The summed E-state index contributed by atoms with van der Waals surface area (Å²) in [6, 6.07) is 12.2. The lowest BCUT2D eigenvalue weighted by atomic mass is 10.0. The molecular weight excluding hydrogens is 383 g/mol. The largest absolute Gasteiger partial charge is 0.493 e. The molecule has 0 saturated heterocycles. The predicted octanol–water partition coefficient (Wildman–Crippen LogP) is 2.87. The van der Waals surface area contributed by atoms with E-state index in [-0.39, 0.29) is 29.8 Å². The molecule has 1 heterocycles. The Morgan fingerprint density at radius 3 is 2.68 bits per heavy atom. The molecule has 1 aliphatic heterocycles. The molecule has 28 heavy (non-hydrogen) atoms. The van der Waals surface area contributed by atoms with Crippen molar-refractivity contribution in [1.29, 1.82) is 0 Å². The van der Waals surface area contributed by atoms with Crippen molar-refractivity contribution in [2.45, 2.75) is 30.2 Å². The van der Waals surface area contributed by atoms with Crippen LogP contribution in [-0.4, -0.2) is 38.8 Å². The number of para-hydroxylation sites is 1. The number of sulfonamides is 1. The van der Waals surface area contributed by atoms with Crippen LogP contribution < -0.4 is 10.1 Å². The summed E-state index contributed by atoms with van der Waals surface area (Å²) in [5.41, 5.74) is 0.957. The van der Waals surface area contributed by atoms with Crippen molar-refractivity contribution in [2.24, 2.45) is 0 Å². The number of halogens is 1. The number of benzene rings is 2. The molecule has 1 aliphatic rings. The number of fused-ring (bicyclic) bond motifs is 1. The average molecular weight is 406 g/mol. The Labute approximate surface area is 164 Å². The number of rotatable bonds is 7. The van der Waals surface area contributed by atoms with E-state index in [1.54, 1.807) is 0 Å². The Balaban J connectivity index is 1.51. The third-order valence-corrected chi connectivity index (χ3v) is 6.56. The standard InChI is InChI=1S/C20H23FN2O4S/c1-23(28(25,26)16-10-8-15(21)9-11-16)13-4-7-20(24)22-18-12-14-27-19-6-3-2-5-17(18)19/h2-3,5-6,8-11,18H,4,7,12-14H2,1H3,(H,22,24)/t18-/m1/s1. The van der Waals surface area contributed by atoms with Crippen molar-refractivity contribution < 1.29 is 22.3 Å². The van der Waals surface area contributed by atoms with E-state index in [4.69, 9.17) is 4.74 Å². The number of carbonyl (C=O) groups is 1. The van der Waals surface area contributed by atoms with Gasteiger partial charge in [0.05, 0.1) is 17.5 Å². The summed E-state index contributed by atoms with van der Waals surface area (Å²) in [5, 5.41) is 3.00. The highest BCUT2D eigenvalue weighted by molar-refractivity contribution is 7.89. The third kappa shape index (κ3) is 4.69. The van der Waals surface area contributed by atoms with Gasteiger partial charge in [0.2, 0.25) is 15.9 Å². The van der Waals surface area contributed by atoms with E-state index in [0.29, 0.717) is 19.4 Å². The summed E-state index contributed by atoms with van der Waals surface area (Å²) in [6.45, 7) is 0.734. The van der Waals surface area contributed by atoms with Crippen LogP contribution in [0, 0.1) is 5.82 Å². The molecule has 2 aromatic carbocycles. The quantitative estimate of drug-likeness (QED) is 0.767. The van der Waals surface area contributed by atoms with Crippen LogP contribution in [0.5, 0.6) is 5.75 Å². The van der Waals surface area contributed by atoms with Gasteiger partial charge in [-0.05, 0) is 36.8 Å². The molecule has 0 fully saturated rings. The Morgan fingerprint density at radius 2 is 1.93 bits per heavy atom. The fourth-order valence-corrected chi connectivity index (χ4v) is 4.34. The van der Waals surface area contributed by atoms with Crippen LogP contribution in [0.3, 0.4) is 0 Å². The van der Waals surface area contributed by atoms with Crippen molar-refractivity contribution in [3.8, 4) is 5.75 Å².